The molecule has 0 saturated heterocycles. The molecule has 3 aromatic carbocycles. The highest BCUT2D eigenvalue weighted by atomic mass is 16.6. The molecule has 2 heterocycles. The Kier molecular flexibility index (Phi) is 7.30. The second-order valence-corrected chi connectivity index (χ2v) is 12.3. The molecule has 0 spiro atoms. The number of carbonyl (C=O) groups excluding carboxylic acids is 1. The van der Waals surface area contributed by atoms with Gasteiger partial charge < -0.3 is 14.0 Å². The number of aliphatic imine (C=N–C) groups is 1. The minimum atomic E-state index is -0.553. The van der Waals surface area contributed by atoms with Gasteiger partial charge in [-0.2, -0.15) is 0 Å². The summed E-state index contributed by atoms with van der Waals surface area (Å²) in [7, 11) is 0. The van der Waals surface area contributed by atoms with Crippen molar-refractivity contribution >= 4 is 22.9 Å². The molecule has 0 atom stereocenters. The highest BCUT2D eigenvalue weighted by Gasteiger charge is 2.28. The van der Waals surface area contributed by atoms with E-state index in [0.717, 1.165) is 57.5 Å². The molecule has 1 aromatic heterocycles. The highest BCUT2D eigenvalue weighted by Crippen LogP contribution is 2.29. The summed E-state index contributed by atoms with van der Waals surface area (Å²) in [6.45, 7) is 15.4. The molecule has 40 heavy (non-hydrogen) atoms. The molecular formula is C34H39N3O3. The molecule has 1 aliphatic heterocycles. The predicted molar refractivity (Wildman–Crippen MR) is 161 cm³/mol. The van der Waals surface area contributed by atoms with Crippen molar-refractivity contribution in [3.8, 4) is 11.1 Å². The van der Waals surface area contributed by atoms with Gasteiger partial charge >= 0.3 is 5.97 Å². The van der Waals surface area contributed by atoms with E-state index in [9.17, 15) is 4.79 Å². The number of benzene rings is 3. The Morgan fingerprint density at radius 1 is 1.05 bits per heavy atom. The van der Waals surface area contributed by atoms with Crippen molar-refractivity contribution < 1.29 is 14.3 Å². The summed E-state index contributed by atoms with van der Waals surface area (Å²) in [6, 6.07) is 20.3. The van der Waals surface area contributed by atoms with Gasteiger partial charge in [-0.05, 0) is 88.4 Å². The molecule has 208 valence electrons. The maximum atomic E-state index is 12.9. The summed E-state index contributed by atoms with van der Waals surface area (Å²) in [5.41, 5.74) is 7.03. The first-order chi connectivity index (χ1) is 18.9. The van der Waals surface area contributed by atoms with Crippen molar-refractivity contribution in [2.75, 3.05) is 6.61 Å². The van der Waals surface area contributed by atoms with Crippen molar-refractivity contribution in [3.63, 3.8) is 0 Å². The summed E-state index contributed by atoms with van der Waals surface area (Å²) in [5, 5.41) is 0. The Labute approximate surface area is 237 Å². The molecular weight excluding hydrogens is 498 g/mol. The molecule has 1 aliphatic rings. The first-order valence-electron chi connectivity index (χ1n) is 14.1. The van der Waals surface area contributed by atoms with Crippen LogP contribution in [0.5, 0.6) is 0 Å². The van der Waals surface area contributed by atoms with E-state index in [4.69, 9.17) is 19.5 Å². The summed E-state index contributed by atoms with van der Waals surface area (Å²) < 4.78 is 13.9. The van der Waals surface area contributed by atoms with E-state index in [1.807, 2.05) is 45.0 Å². The standard InChI is InChI=1S/C34H39N3O3/c1-8-11-29-35-30-22(2)18-25(31-36-34(6,7)21-39-31)19-28(30)37(29)20-23-14-16-24(17-15-23)26-12-9-10-13-27(26)32(38)40-33(3,4)5/h9-10,12-19H,8,11,20-21H2,1-7H3. The van der Waals surface area contributed by atoms with Crippen LogP contribution in [0.1, 0.15) is 80.8 Å². The minimum Gasteiger partial charge on any atom is -0.475 e. The van der Waals surface area contributed by atoms with Gasteiger partial charge in [-0.1, -0.05) is 49.4 Å². The Hall–Kier alpha value is -3.93. The summed E-state index contributed by atoms with van der Waals surface area (Å²) in [6.07, 6.45) is 1.91. The van der Waals surface area contributed by atoms with Gasteiger partial charge in [0.05, 0.1) is 22.1 Å². The Morgan fingerprint density at radius 3 is 2.42 bits per heavy atom. The molecule has 6 heteroatoms. The van der Waals surface area contributed by atoms with E-state index >= 15 is 0 Å². The zero-order valence-corrected chi connectivity index (χ0v) is 24.7. The number of rotatable bonds is 7. The van der Waals surface area contributed by atoms with Crippen molar-refractivity contribution in [2.45, 2.75) is 79.0 Å². The summed E-state index contributed by atoms with van der Waals surface area (Å²) >= 11 is 0. The van der Waals surface area contributed by atoms with E-state index in [0.29, 0.717) is 24.6 Å². The van der Waals surface area contributed by atoms with Crippen LogP contribution in [0.25, 0.3) is 22.2 Å². The van der Waals surface area contributed by atoms with Crippen LogP contribution in [0.3, 0.4) is 0 Å². The quantitative estimate of drug-likeness (QED) is 0.229. The number of ether oxygens (including phenoxy) is 2. The Morgan fingerprint density at radius 2 is 1.77 bits per heavy atom. The maximum absolute atomic E-state index is 12.9. The number of aromatic nitrogens is 2. The van der Waals surface area contributed by atoms with Crippen molar-refractivity contribution in [1.29, 1.82) is 0 Å². The van der Waals surface area contributed by atoms with Crippen molar-refractivity contribution in [3.05, 3.63) is 88.7 Å². The smallest absolute Gasteiger partial charge is 0.339 e. The van der Waals surface area contributed by atoms with Crippen LogP contribution in [0.2, 0.25) is 0 Å². The van der Waals surface area contributed by atoms with Gasteiger partial charge in [-0.25, -0.2) is 14.8 Å². The predicted octanol–water partition coefficient (Wildman–Crippen LogP) is 7.52. The van der Waals surface area contributed by atoms with Crippen molar-refractivity contribution in [2.24, 2.45) is 4.99 Å². The van der Waals surface area contributed by atoms with Crippen molar-refractivity contribution in [1.82, 2.24) is 9.55 Å². The van der Waals surface area contributed by atoms with Gasteiger partial charge in [0.2, 0.25) is 5.90 Å². The number of hydrogen-bond donors (Lipinski definition) is 0. The van der Waals surface area contributed by atoms with E-state index in [-0.39, 0.29) is 11.5 Å². The molecule has 0 saturated carbocycles. The van der Waals surface area contributed by atoms with Crippen LogP contribution >= 0.6 is 0 Å². The Balaban J connectivity index is 1.49. The molecule has 0 N–H and O–H groups in total. The van der Waals surface area contributed by atoms with Gasteiger partial charge in [0.25, 0.3) is 0 Å². The minimum absolute atomic E-state index is 0.213. The topological polar surface area (TPSA) is 65.7 Å². The van der Waals surface area contributed by atoms with Crippen LogP contribution in [-0.2, 0) is 22.4 Å². The van der Waals surface area contributed by atoms with Crippen LogP contribution in [-0.4, -0.2) is 39.2 Å². The summed E-state index contributed by atoms with van der Waals surface area (Å²) in [5.74, 6) is 1.46. The molecule has 0 amide bonds. The number of aryl methyl sites for hydroxylation is 2. The van der Waals surface area contributed by atoms with E-state index < -0.39 is 5.60 Å². The maximum Gasteiger partial charge on any atom is 0.339 e. The van der Waals surface area contributed by atoms with Gasteiger partial charge in [0.15, 0.2) is 0 Å². The molecule has 0 unspecified atom stereocenters. The first-order valence-corrected chi connectivity index (χ1v) is 14.1. The van der Waals surface area contributed by atoms with Crippen LogP contribution < -0.4 is 0 Å². The second kappa shape index (κ2) is 10.6. The second-order valence-electron chi connectivity index (χ2n) is 12.3. The molecule has 6 nitrogen and oxygen atoms in total. The number of fused-ring (bicyclic) bond motifs is 1. The molecule has 0 aliphatic carbocycles. The average Bonchev–Trinajstić information content (AvgIpc) is 3.43. The number of imidazole rings is 1. The average molecular weight is 538 g/mol. The van der Waals surface area contributed by atoms with Gasteiger partial charge in [0, 0.05) is 18.5 Å². The lowest BCUT2D eigenvalue weighted by atomic mass is 9.98. The molecule has 0 fully saturated rings. The molecule has 0 radical (unpaired) electrons. The number of carbonyl (C=O) groups is 1. The zero-order valence-electron chi connectivity index (χ0n) is 24.7. The molecule has 5 rings (SSSR count). The zero-order chi connectivity index (χ0) is 28.7. The normalized spacial score (nSPS) is 14.7. The lowest BCUT2D eigenvalue weighted by Gasteiger charge is -2.20. The number of nitrogens with zero attached hydrogens (tertiary/aromatic N) is 3. The fourth-order valence-corrected chi connectivity index (χ4v) is 5.11. The highest BCUT2D eigenvalue weighted by molar-refractivity contribution is 5.99. The van der Waals surface area contributed by atoms with E-state index in [1.165, 1.54) is 0 Å². The lowest BCUT2D eigenvalue weighted by Crippen LogP contribution is -2.24. The number of hydrogen-bond acceptors (Lipinski definition) is 5. The third kappa shape index (κ3) is 5.81. The van der Waals surface area contributed by atoms with Gasteiger partial charge in [-0.3, -0.25) is 0 Å². The fraction of sp³-hybridized carbons (Fsp3) is 0.382. The van der Waals surface area contributed by atoms with Gasteiger partial charge in [0.1, 0.15) is 18.0 Å². The number of esters is 1. The Bertz CT molecular complexity index is 1590. The molecule has 0 bridgehead atoms. The SMILES string of the molecule is CCCc1nc2c(C)cc(C3=NC(C)(C)CO3)cc2n1Cc1ccc(-c2ccccc2C(=O)OC(C)(C)C)cc1. The van der Waals surface area contributed by atoms with Gasteiger partial charge in [-0.15, -0.1) is 0 Å². The lowest BCUT2D eigenvalue weighted by molar-refractivity contribution is 0.00704. The van der Waals surface area contributed by atoms with Crippen LogP contribution in [0.15, 0.2) is 65.7 Å². The largest absolute Gasteiger partial charge is 0.475 e. The molecule has 4 aromatic rings. The third-order valence-corrected chi connectivity index (χ3v) is 6.96. The monoisotopic (exact) mass is 537 g/mol. The fourth-order valence-electron chi connectivity index (χ4n) is 5.11. The van der Waals surface area contributed by atoms with E-state index in [2.05, 4.69) is 68.7 Å². The van der Waals surface area contributed by atoms with E-state index in [1.54, 1.807) is 0 Å². The first kappa shape index (κ1) is 27.6. The van der Waals surface area contributed by atoms with Crippen LogP contribution in [0, 0.1) is 6.92 Å². The third-order valence-electron chi connectivity index (χ3n) is 6.96. The van der Waals surface area contributed by atoms with Crippen LogP contribution in [0.4, 0.5) is 0 Å². The summed E-state index contributed by atoms with van der Waals surface area (Å²) in [4.78, 5) is 22.7.